The number of hydrogen-bond donors (Lipinski definition) is 1. The summed E-state index contributed by atoms with van der Waals surface area (Å²) >= 11 is 1.72. The highest BCUT2D eigenvalue weighted by Gasteiger charge is 2.25. The summed E-state index contributed by atoms with van der Waals surface area (Å²) in [5, 5.41) is 14.7. The molecule has 0 fully saturated rings. The molecule has 0 aliphatic heterocycles. The molecule has 3 nitrogen and oxygen atoms in total. The number of hydrogen-bond acceptors (Lipinski definition) is 4. The number of benzene rings is 5. The molecule has 6 aromatic rings. The molecule has 1 aromatic heterocycles. The van der Waals surface area contributed by atoms with E-state index >= 15 is 0 Å². The maximum absolute atomic E-state index is 11.6. The fourth-order valence-corrected chi connectivity index (χ4v) is 7.47. The summed E-state index contributed by atoms with van der Waals surface area (Å²) in [6, 6.07) is 30.6. The average molecular weight is 681 g/mol. The second kappa shape index (κ2) is 12.5. The first-order valence-electron chi connectivity index (χ1n) is 17.7. The Labute approximate surface area is 303 Å². The number of phenols is 1. The molecule has 1 N–H and O–H groups in total. The number of aromatic nitrogens is 1. The minimum atomic E-state index is -0.226. The van der Waals surface area contributed by atoms with Gasteiger partial charge < -0.3 is 5.11 Å². The summed E-state index contributed by atoms with van der Waals surface area (Å²) < 4.78 is 1.16. The van der Waals surface area contributed by atoms with E-state index < -0.39 is 0 Å². The minimum Gasteiger partial charge on any atom is -0.507 e. The van der Waals surface area contributed by atoms with Crippen LogP contribution in [0.25, 0.3) is 42.7 Å². The van der Waals surface area contributed by atoms with Crippen molar-refractivity contribution in [2.45, 2.75) is 105 Å². The van der Waals surface area contributed by atoms with Gasteiger partial charge in [-0.15, -0.1) is 11.3 Å². The van der Waals surface area contributed by atoms with Gasteiger partial charge in [0.1, 0.15) is 10.8 Å². The lowest BCUT2D eigenvalue weighted by molar-refractivity contribution is 0.444. The van der Waals surface area contributed by atoms with Crippen molar-refractivity contribution in [3.63, 3.8) is 0 Å². The lowest BCUT2D eigenvalue weighted by atomic mass is 9.79. The number of thiazole rings is 1. The van der Waals surface area contributed by atoms with E-state index in [2.05, 4.69) is 168 Å². The highest BCUT2D eigenvalue weighted by Crippen LogP contribution is 2.44. The van der Waals surface area contributed by atoms with Crippen molar-refractivity contribution < 1.29 is 5.11 Å². The zero-order chi connectivity index (χ0) is 36.4. The van der Waals surface area contributed by atoms with E-state index in [1.54, 1.807) is 11.3 Å². The highest BCUT2D eigenvalue weighted by atomic mass is 32.1. The number of fused-ring (bicyclic) bond motifs is 2. The standard InChI is InChI=1S/C46H52N2OS/c1-43(2,3)31-20-17-29(18-21-31)36-24-33(45(7,8)9)26-38-40(36)48-42(50-38)35-22-19-28-15-13-14-16-34(28)39(35)47-27-30-23-32(44(4,5)6)25-37(41(30)49)46(10,11)12/h13-27,49H,1-12H3. The first-order chi connectivity index (χ1) is 23.2. The van der Waals surface area contributed by atoms with Crippen molar-refractivity contribution in [1.29, 1.82) is 0 Å². The van der Waals surface area contributed by atoms with Gasteiger partial charge in [-0.25, -0.2) is 4.98 Å². The zero-order valence-electron chi connectivity index (χ0n) is 31.9. The third-order valence-electron chi connectivity index (χ3n) is 9.70. The topological polar surface area (TPSA) is 45.5 Å². The second-order valence-corrected chi connectivity index (χ2v) is 18.9. The number of aromatic hydroxyl groups is 1. The minimum absolute atomic E-state index is 0.0215. The number of nitrogens with zero attached hydrogens (tertiary/aromatic N) is 2. The van der Waals surface area contributed by atoms with Crippen LogP contribution in [0.3, 0.4) is 0 Å². The predicted molar refractivity (Wildman–Crippen MR) is 218 cm³/mol. The molecule has 50 heavy (non-hydrogen) atoms. The second-order valence-electron chi connectivity index (χ2n) is 17.9. The molecule has 0 amide bonds. The molecule has 5 aromatic carbocycles. The summed E-state index contributed by atoms with van der Waals surface area (Å²) in [6.07, 6.45) is 1.85. The van der Waals surface area contributed by atoms with E-state index in [9.17, 15) is 5.11 Å². The van der Waals surface area contributed by atoms with Gasteiger partial charge >= 0.3 is 0 Å². The first-order valence-corrected chi connectivity index (χ1v) is 18.5. The summed E-state index contributed by atoms with van der Waals surface area (Å²) in [7, 11) is 0. The van der Waals surface area contributed by atoms with Crippen LogP contribution in [0.5, 0.6) is 5.75 Å². The molecule has 0 aliphatic carbocycles. The molecule has 0 radical (unpaired) electrons. The van der Waals surface area contributed by atoms with Gasteiger partial charge in [0.2, 0.25) is 0 Å². The third kappa shape index (κ3) is 7.01. The Kier molecular flexibility index (Phi) is 8.88. The van der Waals surface area contributed by atoms with Crippen LogP contribution in [0.1, 0.15) is 111 Å². The van der Waals surface area contributed by atoms with E-state index in [1.165, 1.54) is 22.3 Å². The van der Waals surface area contributed by atoms with Crippen molar-refractivity contribution >= 4 is 44.2 Å². The third-order valence-corrected chi connectivity index (χ3v) is 10.7. The largest absolute Gasteiger partial charge is 0.507 e. The molecule has 258 valence electrons. The Morgan fingerprint density at radius 2 is 1.24 bits per heavy atom. The summed E-state index contributed by atoms with van der Waals surface area (Å²) in [4.78, 5) is 10.6. The van der Waals surface area contributed by atoms with Gasteiger partial charge in [0, 0.05) is 33.9 Å². The Bertz CT molecular complexity index is 2240. The fraction of sp³-hybridized carbons (Fsp3) is 0.348. The molecule has 1 heterocycles. The van der Waals surface area contributed by atoms with Gasteiger partial charge in [-0.3, -0.25) is 4.99 Å². The van der Waals surface area contributed by atoms with Gasteiger partial charge in [-0.2, -0.15) is 0 Å². The fourth-order valence-electron chi connectivity index (χ4n) is 6.41. The highest BCUT2D eigenvalue weighted by molar-refractivity contribution is 7.21. The van der Waals surface area contributed by atoms with Crippen molar-refractivity contribution in [2.75, 3.05) is 0 Å². The molecule has 0 atom stereocenters. The monoisotopic (exact) mass is 680 g/mol. The van der Waals surface area contributed by atoms with Crippen molar-refractivity contribution in [3.8, 4) is 27.4 Å². The molecule has 0 saturated heterocycles. The van der Waals surface area contributed by atoms with E-state index in [4.69, 9.17) is 9.98 Å². The van der Waals surface area contributed by atoms with Crippen LogP contribution in [0.15, 0.2) is 89.9 Å². The van der Waals surface area contributed by atoms with E-state index in [-0.39, 0.29) is 27.4 Å². The van der Waals surface area contributed by atoms with Crippen LogP contribution >= 0.6 is 11.3 Å². The van der Waals surface area contributed by atoms with Crippen molar-refractivity contribution in [2.24, 2.45) is 4.99 Å². The van der Waals surface area contributed by atoms with Gasteiger partial charge in [-0.05, 0) is 73.6 Å². The molecular formula is C46H52N2OS. The Hall–Kier alpha value is -4.28. The zero-order valence-corrected chi connectivity index (χ0v) is 32.7. The number of rotatable bonds is 4. The van der Waals surface area contributed by atoms with Crippen LogP contribution in [-0.2, 0) is 21.7 Å². The lowest BCUT2D eigenvalue weighted by Crippen LogP contribution is -2.17. The van der Waals surface area contributed by atoms with Crippen LogP contribution in [0.2, 0.25) is 0 Å². The summed E-state index contributed by atoms with van der Waals surface area (Å²) in [5.41, 5.74) is 10.3. The first kappa shape index (κ1) is 35.5. The van der Waals surface area contributed by atoms with Gasteiger partial charge in [-0.1, -0.05) is 144 Å². The quantitative estimate of drug-likeness (QED) is 0.188. The summed E-state index contributed by atoms with van der Waals surface area (Å²) in [5.74, 6) is 0.285. The van der Waals surface area contributed by atoms with Crippen LogP contribution in [0, 0.1) is 0 Å². The van der Waals surface area contributed by atoms with Crippen LogP contribution in [-0.4, -0.2) is 16.3 Å². The smallest absolute Gasteiger partial charge is 0.128 e. The predicted octanol–water partition coefficient (Wildman–Crippen LogP) is 13.4. The molecule has 0 unspecified atom stereocenters. The average Bonchev–Trinajstić information content (AvgIpc) is 3.46. The lowest BCUT2D eigenvalue weighted by Gasteiger charge is -2.27. The van der Waals surface area contributed by atoms with Crippen LogP contribution in [0.4, 0.5) is 5.69 Å². The molecule has 6 rings (SSSR count). The SMILES string of the molecule is CC(C)(C)c1ccc(-c2cc(C(C)(C)C)cc3sc(-c4ccc5ccccc5c4N=Cc4cc(C(C)(C)C)cc(C(C)(C)C)c4O)nc23)cc1. The molecule has 4 heteroatoms. The maximum Gasteiger partial charge on any atom is 0.128 e. The number of phenolic OH excluding ortho intramolecular Hbond substituents is 1. The molecular weight excluding hydrogens is 629 g/mol. The molecule has 0 spiro atoms. The Morgan fingerprint density at radius 3 is 1.86 bits per heavy atom. The molecule has 0 aliphatic rings. The van der Waals surface area contributed by atoms with E-state index in [0.29, 0.717) is 0 Å². The van der Waals surface area contributed by atoms with E-state index in [0.717, 1.165) is 53.9 Å². The maximum atomic E-state index is 11.6. The Balaban J connectivity index is 1.57. The van der Waals surface area contributed by atoms with Gasteiger partial charge in [0.25, 0.3) is 0 Å². The van der Waals surface area contributed by atoms with Gasteiger partial charge in [0.05, 0.1) is 15.9 Å². The molecule has 0 bridgehead atoms. The normalized spacial score (nSPS) is 13.2. The summed E-state index contributed by atoms with van der Waals surface area (Å²) in [6.45, 7) is 26.6. The van der Waals surface area contributed by atoms with Crippen molar-refractivity contribution in [3.05, 3.63) is 113 Å². The number of aliphatic imine (C=N–C) groups is 1. The molecule has 0 saturated carbocycles. The Morgan fingerprint density at radius 1 is 0.620 bits per heavy atom. The van der Waals surface area contributed by atoms with Gasteiger partial charge in [0.15, 0.2) is 0 Å². The van der Waals surface area contributed by atoms with E-state index in [1.807, 2.05) is 6.21 Å². The van der Waals surface area contributed by atoms with Crippen LogP contribution < -0.4 is 0 Å². The van der Waals surface area contributed by atoms with Crippen molar-refractivity contribution in [1.82, 2.24) is 4.98 Å².